The van der Waals surface area contributed by atoms with Gasteiger partial charge in [0.25, 0.3) is 0 Å². The van der Waals surface area contributed by atoms with E-state index in [9.17, 15) is 4.79 Å². The Morgan fingerprint density at radius 3 is 2.93 bits per heavy atom. The molecule has 3 aromatic heterocycles. The van der Waals surface area contributed by atoms with E-state index in [1.165, 1.54) is 11.8 Å². The molecule has 9 nitrogen and oxygen atoms in total. The second-order valence-corrected chi connectivity index (χ2v) is 8.13. The van der Waals surface area contributed by atoms with Gasteiger partial charge < -0.3 is 15.8 Å². The SMILES string of the molecule is CCNC(=O)C1Cc2nn(Cc3ncc(C)c(OC)c3C)c3nc(N)nc(c23)S1. The number of thioether (sulfide) groups is 1. The maximum absolute atomic E-state index is 12.4. The monoisotopic (exact) mass is 413 g/mol. The van der Waals surface area contributed by atoms with Crippen LogP contribution in [0.4, 0.5) is 5.95 Å². The normalized spacial score (nSPS) is 15.5. The van der Waals surface area contributed by atoms with Crippen LogP contribution in [0, 0.1) is 13.8 Å². The van der Waals surface area contributed by atoms with Gasteiger partial charge in [0.2, 0.25) is 11.9 Å². The summed E-state index contributed by atoms with van der Waals surface area (Å²) in [5.41, 5.74) is 10.2. The van der Waals surface area contributed by atoms with Gasteiger partial charge in [-0.15, -0.1) is 0 Å². The van der Waals surface area contributed by atoms with Gasteiger partial charge in [-0.1, -0.05) is 11.8 Å². The van der Waals surface area contributed by atoms with E-state index in [0.717, 1.165) is 33.7 Å². The first-order chi connectivity index (χ1) is 13.9. The number of carbonyl (C=O) groups excluding carboxylic acids is 1. The lowest BCUT2D eigenvalue weighted by Crippen LogP contribution is -2.35. The minimum Gasteiger partial charge on any atom is -0.496 e. The van der Waals surface area contributed by atoms with Crippen LogP contribution in [0.15, 0.2) is 11.2 Å². The molecular weight excluding hydrogens is 390 g/mol. The van der Waals surface area contributed by atoms with Crippen LogP contribution in [0.3, 0.4) is 0 Å². The van der Waals surface area contributed by atoms with Gasteiger partial charge in [-0.3, -0.25) is 9.78 Å². The molecule has 0 aromatic carbocycles. The quantitative estimate of drug-likeness (QED) is 0.606. The third kappa shape index (κ3) is 3.37. The molecule has 0 aliphatic carbocycles. The third-order valence-corrected chi connectivity index (χ3v) is 6.16. The van der Waals surface area contributed by atoms with Crippen LogP contribution < -0.4 is 15.8 Å². The number of nitrogen functional groups attached to an aromatic ring is 1. The summed E-state index contributed by atoms with van der Waals surface area (Å²) in [7, 11) is 1.65. The van der Waals surface area contributed by atoms with Crippen LogP contribution in [0.25, 0.3) is 11.0 Å². The maximum atomic E-state index is 12.4. The molecule has 3 aromatic rings. The summed E-state index contributed by atoms with van der Waals surface area (Å²) in [6.07, 6.45) is 2.31. The van der Waals surface area contributed by atoms with Gasteiger partial charge in [0.05, 0.1) is 35.7 Å². The molecule has 152 valence electrons. The molecule has 1 amide bonds. The highest BCUT2D eigenvalue weighted by Gasteiger charge is 2.32. The van der Waals surface area contributed by atoms with Gasteiger partial charge in [-0.25, -0.2) is 9.67 Å². The zero-order chi connectivity index (χ0) is 20.7. The molecule has 1 aliphatic heterocycles. The van der Waals surface area contributed by atoms with Crippen molar-refractivity contribution >= 4 is 34.7 Å². The number of nitrogens with two attached hydrogens (primary N) is 1. The van der Waals surface area contributed by atoms with Crippen LogP contribution >= 0.6 is 11.8 Å². The molecule has 0 saturated carbocycles. The van der Waals surface area contributed by atoms with E-state index in [1.807, 2.05) is 20.8 Å². The van der Waals surface area contributed by atoms with Crippen molar-refractivity contribution in [2.75, 3.05) is 19.4 Å². The van der Waals surface area contributed by atoms with Crippen molar-refractivity contribution < 1.29 is 9.53 Å². The summed E-state index contributed by atoms with van der Waals surface area (Å²) in [6, 6.07) is 0. The Morgan fingerprint density at radius 2 is 2.21 bits per heavy atom. The fraction of sp³-hybridized carbons (Fsp3) is 0.421. The molecule has 3 N–H and O–H groups in total. The first-order valence-corrected chi connectivity index (χ1v) is 10.3. The zero-order valence-corrected chi connectivity index (χ0v) is 17.6. The summed E-state index contributed by atoms with van der Waals surface area (Å²) < 4.78 is 7.31. The number of aryl methyl sites for hydroxylation is 1. The van der Waals surface area contributed by atoms with Crippen molar-refractivity contribution in [2.45, 2.75) is 44.0 Å². The lowest BCUT2D eigenvalue weighted by atomic mass is 10.1. The minimum atomic E-state index is -0.289. The highest BCUT2D eigenvalue weighted by atomic mass is 32.2. The molecule has 29 heavy (non-hydrogen) atoms. The number of pyridine rings is 1. The largest absolute Gasteiger partial charge is 0.496 e. The first-order valence-electron chi connectivity index (χ1n) is 9.39. The number of nitrogens with zero attached hydrogens (tertiary/aromatic N) is 5. The van der Waals surface area contributed by atoms with E-state index >= 15 is 0 Å². The van der Waals surface area contributed by atoms with Crippen LogP contribution in [-0.4, -0.2) is 49.5 Å². The summed E-state index contributed by atoms with van der Waals surface area (Å²) in [5, 5.41) is 8.89. The molecule has 4 rings (SSSR count). The Morgan fingerprint density at radius 1 is 1.41 bits per heavy atom. The third-order valence-electron chi connectivity index (χ3n) is 4.97. The van der Waals surface area contributed by atoms with Crippen molar-refractivity contribution in [1.82, 2.24) is 30.0 Å². The predicted octanol–water partition coefficient (Wildman–Crippen LogP) is 1.63. The number of rotatable bonds is 5. The average Bonchev–Trinajstić information content (AvgIpc) is 3.02. The fourth-order valence-electron chi connectivity index (χ4n) is 3.62. The molecule has 0 radical (unpaired) electrons. The van der Waals surface area contributed by atoms with Crippen molar-refractivity contribution in [3.8, 4) is 5.75 Å². The Kier molecular flexibility index (Phi) is 5.03. The van der Waals surface area contributed by atoms with Crippen LogP contribution in [0.1, 0.15) is 29.4 Å². The number of methoxy groups -OCH3 is 1. The Hall–Kier alpha value is -2.88. The van der Waals surface area contributed by atoms with Crippen molar-refractivity contribution in [1.29, 1.82) is 0 Å². The average molecular weight is 414 g/mol. The van der Waals surface area contributed by atoms with E-state index in [1.54, 1.807) is 18.0 Å². The summed E-state index contributed by atoms with van der Waals surface area (Å²) in [4.78, 5) is 25.7. The number of hydrogen-bond donors (Lipinski definition) is 2. The minimum absolute atomic E-state index is 0.0242. The Labute approximate surface area is 172 Å². The van der Waals surface area contributed by atoms with Gasteiger partial charge >= 0.3 is 0 Å². The van der Waals surface area contributed by atoms with E-state index in [0.29, 0.717) is 30.2 Å². The van der Waals surface area contributed by atoms with Crippen LogP contribution in [0.2, 0.25) is 0 Å². The topological polar surface area (TPSA) is 121 Å². The van der Waals surface area contributed by atoms with E-state index in [-0.39, 0.29) is 17.1 Å². The predicted molar refractivity (Wildman–Crippen MR) is 111 cm³/mol. The molecule has 0 bridgehead atoms. The van der Waals surface area contributed by atoms with Crippen molar-refractivity contribution in [3.05, 3.63) is 28.7 Å². The van der Waals surface area contributed by atoms with E-state index < -0.39 is 0 Å². The van der Waals surface area contributed by atoms with Crippen LogP contribution in [-0.2, 0) is 17.8 Å². The number of hydrogen-bond acceptors (Lipinski definition) is 8. The van der Waals surface area contributed by atoms with Crippen molar-refractivity contribution in [2.24, 2.45) is 0 Å². The second kappa shape index (κ2) is 7.51. The Balaban J connectivity index is 1.77. The van der Waals surface area contributed by atoms with Gasteiger partial charge in [-0.2, -0.15) is 10.1 Å². The number of ether oxygens (including phenoxy) is 1. The lowest BCUT2D eigenvalue weighted by molar-refractivity contribution is -0.120. The van der Waals surface area contributed by atoms with E-state index in [4.69, 9.17) is 15.6 Å². The molecule has 4 heterocycles. The van der Waals surface area contributed by atoms with Gasteiger partial charge in [-0.05, 0) is 20.8 Å². The molecule has 0 saturated heterocycles. The van der Waals surface area contributed by atoms with Gasteiger partial charge in [0.15, 0.2) is 5.65 Å². The number of carbonyl (C=O) groups is 1. The lowest BCUT2D eigenvalue weighted by Gasteiger charge is -2.19. The smallest absolute Gasteiger partial charge is 0.233 e. The molecule has 10 heteroatoms. The summed E-state index contributed by atoms with van der Waals surface area (Å²) in [6.45, 7) is 6.85. The van der Waals surface area contributed by atoms with Crippen molar-refractivity contribution in [3.63, 3.8) is 0 Å². The highest BCUT2D eigenvalue weighted by Crippen LogP contribution is 2.38. The molecule has 1 unspecified atom stereocenters. The summed E-state index contributed by atoms with van der Waals surface area (Å²) >= 11 is 1.41. The standard InChI is InChI=1S/C19H23N7O2S/c1-5-21-17(27)13-6-11-14-16(23-19(20)24-18(14)29-13)26(25-11)8-12-10(3)15(28-4)9(2)7-22-12/h7,13H,5-6,8H2,1-4H3,(H,21,27)(H2,20,23,24). The fourth-order valence-corrected chi connectivity index (χ4v) is 4.80. The highest BCUT2D eigenvalue weighted by molar-refractivity contribution is 8.00. The Bertz CT molecular complexity index is 1110. The summed E-state index contributed by atoms with van der Waals surface area (Å²) in [5.74, 6) is 0.955. The number of aromatic nitrogens is 5. The molecular formula is C19H23N7O2S. The number of nitrogens with one attached hydrogen (secondary N) is 1. The maximum Gasteiger partial charge on any atom is 0.233 e. The van der Waals surface area contributed by atoms with Crippen LogP contribution in [0.5, 0.6) is 5.75 Å². The number of anilines is 1. The second-order valence-electron chi connectivity index (χ2n) is 6.94. The zero-order valence-electron chi connectivity index (χ0n) is 16.8. The molecule has 1 aliphatic rings. The molecule has 0 fully saturated rings. The van der Waals surface area contributed by atoms with E-state index in [2.05, 4.69) is 20.3 Å². The molecule has 1 atom stereocenters. The van der Waals surface area contributed by atoms with Gasteiger partial charge in [0.1, 0.15) is 10.8 Å². The molecule has 0 spiro atoms. The number of amides is 1. The first kappa shape index (κ1) is 19.4. The van der Waals surface area contributed by atoms with Gasteiger partial charge in [0, 0.05) is 30.3 Å².